The van der Waals surface area contributed by atoms with Gasteiger partial charge in [0.2, 0.25) is 0 Å². The number of fused-ring (bicyclic) bond motifs is 2. The molecule has 1 amide bonds. The van der Waals surface area contributed by atoms with Crippen molar-refractivity contribution in [1.82, 2.24) is 10.6 Å². The molecule has 1 spiro atoms. The number of aliphatic imine (C=N–C) groups is 1. The van der Waals surface area contributed by atoms with Gasteiger partial charge in [0.25, 0.3) is 5.91 Å². The highest BCUT2D eigenvalue weighted by Crippen LogP contribution is 2.37. The van der Waals surface area contributed by atoms with Crippen LogP contribution in [-0.4, -0.2) is 18.4 Å². The lowest BCUT2D eigenvalue weighted by Gasteiger charge is -2.33. The first-order valence-electron chi connectivity index (χ1n) is 7.34. The van der Waals surface area contributed by atoms with Crippen LogP contribution in [-0.2, 0) is 16.8 Å². The lowest BCUT2D eigenvalue weighted by atomic mass is 9.76. The van der Waals surface area contributed by atoms with E-state index in [1.165, 1.54) is 5.56 Å². The molecule has 0 bridgehead atoms. The molecule has 2 aliphatic rings. The van der Waals surface area contributed by atoms with E-state index in [4.69, 9.17) is 0 Å². The zero-order chi connectivity index (χ0) is 14.2. The van der Waals surface area contributed by atoms with Crippen LogP contribution in [0, 0.1) is 5.92 Å². The number of hydrogen-bond donors (Lipinski definition) is 2. The van der Waals surface area contributed by atoms with Crippen molar-refractivity contribution in [2.24, 2.45) is 10.9 Å². The van der Waals surface area contributed by atoms with Crippen molar-refractivity contribution in [2.45, 2.75) is 38.6 Å². The highest BCUT2D eigenvalue weighted by Gasteiger charge is 2.48. The van der Waals surface area contributed by atoms with E-state index < -0.39 is 5.54 Å². The first-order chi connectivity index (χ1) is 9.62. The topological polar surface area (TPSA) is 53.5 Å². The summed E-state index contributed by atoms with van der Waals surface area (Å²) in [7, 11) is 0. The lowest BCUT2D eigenvalue weighted by Crippen LogP contribution is -2.46. The van der Waals surface area contributed by atoms with Gasteiger partial charge in [0.1, 0.15) is 5.54 Å². The standard InChI is InChI=1S/C16H21N3O/c1-11(2)10-17-15-18-14(20)16(19-15)9-5-7-12-6-3-4-8-13(12)16/h3-4,6,8,11H,5,7,9-10H2,1-2H3,(H2,17,18,19,20). The molecule has 106 valence electrons. The third-order valence-corrected chi connectivity index (χ3v) is 4.04. The van der Waals surface area contributed by atoms with Crippen molar-refractivity contribution in [3.63, 3.8) is 0 Å². The second kappa shape index (κ2) is 4.93. The summed E-state index contributed by atoms with van der Waals surface area (Å²) < 4.78 is 0. The maximum atomic E-state index is 12.5. The number of guanidine groups is 1. The monoisotopic (exact) mass is 271 g/mol. The Labute approximate surface area is 119 Å². The Morgan fingerprint density at radius 1 is 1.35 bits per heavy atom. The van der Waals surface area contributed by atoms with Crippen molar-refractivity contribution < 1.29 is 4.79 Å². The maximum Gasteiger partial charge on any atom is 0.257 e. The minimum absolute atomic E-state index is 0.0344. The average Bonchev–Trinajstić information content (AvgIpc) is 2.75. The molecule has 0 radical (unpaired) electrons. The molecule has 3 rings (SSSR count). The van der Waals surface area contributed by atoms with Crippen LogP contribution >= 0.6 is 0 Å². The van der Waals surface area contributed by atoms with Crippen LogP contribution < -0.4 is 10.6 Å². The Morgan fingerprint density at radius 2 is 2.15 bits per heavy atom. The van der Waals surface area contributed by atoms with E-state index in [0.29, 0.717) is 11.9 Å². The van der Waals surface area contributed by atoms with Gasteiger partial charge < -0.3 is 5.32 Å². The third kappa shape index (κ3) is 2.09. The predicted octanol–water partition coefficient (Wildman–Crippen LogP) is 1.95. The fourth-order valence-electron chi connectivity index (χ4n) is 3.06. The molecule has 4 nitrogen and oxygen atoms in total. The Bertz CT molecular complexity index is 565. The molecule has 20 heavy (non-hydrogen) atoms. The molecule has 1 aliphatic carbocycles. The highest BCUT2D eigenvalue weighted by atomic mass is 16.2. The number of amides is 1. The van der Waals surface area contributed by atoms with Crippen LogP contribution in [0.15, 0.2) is 29.3 Å². The van der Waals surface area contributed by atoms with E-state index in [1.54, 1.807) is 0 Å². The largest absolute Gasteiger partial charge is 0.338 e. The van der Waals surface area contributed by atoms with Crippen molar-refractivity contribution in [2.75, 3.05) is 6.54 Å². The minimum atomic E-state index is -0.606. The second-order valence-electron chi connectivity index (χ2n) is 6.08. The molecule has 0 saturated carbocycles. The first-order valence-corrected chi connectivity index (χ1v) is 7.34. The molecule has 1 aromatic rings. The Morgan fingerprint density at radius 3 is 2.95 bits per heavy atom. The van der Waals surface area contributed by atoms with Gasteiger partial charge in [0.15, 0.2) is 5.96 Å². The Hall–Kier alpha value is -1.84. The number of rotatable bonds is 2. The van der Waals surface area contributed by atoms with Gasteiger partial charge in [0.05, 0.1) is 0 Å². The molecule has 1 atom stereocenters. The van der Waals surface area contributed by atoms with Crippen LogP contribution in [0.3, 0.4) is 0 Å². The Balaban J connectivity index is 1.94. The molecular weight excluding hydrogens is 250 g/mol. The zero-order valence-electron chi connectivity index (χ0n) is 12.1. The Kier molecular flexibility index (Phi) is 3.24. The number of nitrogens with one attached hydrogen (secondary N) is 2. The summed E-state index contributed by atoms with van der Waals surface area (Å²) in [5.41, 5.74) is 1.77. The van der Waals surface area contributed by atoms with Gasteiger partial charge in [-0.25, -0.2) is 0 Å². The number of carbonyl (C=O) groups is 1. The fourth-order valence-corrected chi connectivity index (χ4v) is 3.06. The van der Waals surface area contributed by atoms with E-state index in [2.05, 4.69) is 41.6 Å². The number of aryl methyl sites for hydroxylation is 1. The van der Waals surface area contributed by atoms with Crippen molar-refractivity contribution >= 4 is 11.9 Å². The third-order valence-electron chi connectivity index (χ3n) is 4.04. The van der Waals surface area contributed by atoms with E-state index >= 15 is 0 Å². The lowest BCUT2D eigenvalue weighted by molar-refractivity contribution is -0.124. The quantitative estimate of drug-likeness (QED) is 0.864. The number of hydrogen-bond acceptors (Lipinski definition) is 2. The van der Waals surface area contributed by atoms with E-state index in [-0.39, 0.29) is 5.91 Å². The van der Waals surface area contributed by atoms with E-state index in [1.807, 2.05) is 12.1 Å². The number of nitrogens with zero attached hydrogens (tertiary/aromatic N) is 1. The molecular formula is C16H21N3O. The van der Waals surface area contributed by atoms with Crippen LogP contribution in [0.4, 0.5) is 0 Å². The van der Waals surface area contributed by atoms with Crippen molar-refractivity contribution in [1.29, 1.82) is 0 Å². The SMILES string of the molecule is CC(C)CN=C1NC(=O)C2(CCCc3ccccc32)N1. The molecule has 0 aromatic heterocycles. The molecule has 1 aliphatic heterocycles. The summed E-state index contributed by atoms with van der Waals surface area (Å²) in [5, 5.41) is 6.27. The van der Waals surface area contributed by atoms with Crippen LogP contribution in [0.25, 0.3) is 0 Å². The van der Waals surface area contributed by atoms with Crippen LogP contribution in [0.2, 0.25) is 0 Å². The summed E-state index contributed by atoms with van der Waals surface area (Å²) in [6, 6.07) is 8.23. The summed E-state index contributed by atoms with van der Waals surface area (Å²) in [6.07, 6.45) is 2.90. The van der Waals surface area contributed by atoms with Crippen molar-refractivity contribution in [3.8, 4) is 0 Å². The van der Waals surface area contributed by atoms with Crippen molar-refractivity contribution in [3.05, 3.63) is 35.4 Å². The smallest absolute Gasteiger partial charge is 0.257 e. The highest BCUT2D eigenvalue weighted by molar-refractivity contribution is 6.09. The summed E-state index contributed by atoms with van der Waals surface area (Å²) in [4.78, 5) is 17.0. The normalized spacial score (nSPS) is 26.8. The number of benzene rings is 1. The van der Waals surface area contributed by atoms with Gasteiger partial charge in [-0.3, -0.25) is 15.1 Å². The summed E-state index contributed by atoms with van der Waals surface area (Å²) >= 11 is 0. The molecule has 1 aromatic carbocycles. The molecule has 1 fully saturated rings. The maximum absolute atomic E-state index is 12.5. The van der Waals surface area contributed by atoms with E-state index in [0.717, 1.165) is 31.4 Å². The van der Waals surface area contributed by atoms with Gasteiger partial charge in [0, 0.05) is 6.54 Å². The summed E-state index contributed by atoms with van der Waals surface area (Å²) in [5.74, 6) is 1.14. The first kappa shape index (κ1) is 13.2. The fraction of sp³-hybridized carbons (Fsp3) is 0.500. The molecule has 2 N–H and O–H groups in total. The van der Waals surface area contributed by atoms with Gasteiger partial charge in [-0.05, 0) is 36.3 Å². The predicted molar refractivity (Wildman–Crippen MR) is 79.5 cm³/mol. The van der Waals surface area contributed by atoms with E-state index in [9.17, 15) is 4.79 Å². The second-order valence-corrected chi connectivity index (χ2v) is 6.08. The average molecular weight is 271 g/mol. The zero-order valence-corrected chi connectivity index (χ0v) is 12.1. The van der Waals surface area contributed by atoms with Gasteiger partial charge in [-0.1, -0.05) is 38.1 Å². The molecule has 1 unspecified atom stereocenters. The molecule has 4 heteroatoms. The molecule has 1 heterocycles. The van der Waals surface area contributed by atoms with Crippen LogP contribution in [0.1, 0.15) is 37.8 Å². The van der Waals surface area contributed by atoms with Gasteiger partial charge in [-0.15, -0.1) is 0 Å². The number of carbonyl (C=O) groups excluding carboxylic acids is 1. The summed E-state index contributed by atoms with van der Waals surface area (Å²) in [6.45, 7) is 4.96. The van der Waals surface area contributed by atoms with Gasteiger partial charge >= 0.3 is 0 Å². The van der Waals surface area contributed by atoms with Gasteiger partial charge in [-0.2, -0.15) is 0 Å². The van der Waals surface area contributed by atoms with Crippen LogP contribution in [0.5, 0.6) is 0 Å². The minimum Gasteiger partial charge on any atom is -0.338 e. The molecule has 1 saturated heterocycles.